The normalized spacial score (nSPS) is 56.4. The lowest BCUT2D eigenvalue weighted by Gasteiger charge is -2.71. The van der Waals surface area contributed by atoms with E-state index in [9.17, 15) is 25.2 Å². The van der Waals surface area contributed by atoms with Crippen molar-refractivity contribution >= 4 is 5.78 Å². The van der Waals surface area contributed by atoms with Gasteiger partial charge in [0.1, 0.15) is 11.7 Å². The Morgan fingerprint density at radius 2 is 1.73 bits per heavy atom. The van der Waals surface area contributed by atoms with Gasteiger partial charge in [-0.2, -0.15) is 0 Å². The molecule has 1 saturated heterocycles. The molecule has 2 aliphatic carbocycles. The second-order valence-corrected chi connectivity index (χ2v) is 9.78. The minimum Gasteiger partial charge on any atom is -0.392 e. The van der Waals surface area contributed by atoms with Crippen molar-refractivity contribution < 1.29 is 30.0 Å². The molecule has 6 heteroatoms. The quantitative estimate of drug-likeness (QED) is 0.514. The Balaban J connectivity index is 2.29. The predicted molar refractivity (Wildman–Crippen MR) is 95.3 cm³/mol. The summed E-state index contributed by atoms with van der Waals surface area (Å²) in [5.41, 5.74) is -6.82. The van der Waals surface area contributed by atoms with E-state index in [0.29, 0.717) is 12.8 Å². The van der Waals surface area contributed by atoms with Crippen molar-refractivity contribution in [3.8, 4) is 0 Å². The van der Waals surface area contributed by atoms with Gasteiger partial charge in [0, 0.05) is 17.8 Å². The van der Waals surface area contributed by atoms with Crippen LogP contribution in [0.25, 0.3) is 0 Å². The first-order valence-electron chi connectivity index (χ1n) is 9.35. The van der Waals surface area contributed by atoms with Crippen molar-refractivity contribution in [3.63, 3.8) is 0 Å². The number of ketones is 1. The summed E-state index contributed by atoms with van der Waals surface area (Å²) in [6, 6.07) is 0. The van der Waals surface area contributed by atoms with Gasteiger partial charge in [0.05, 0.1) is 17.8 Å². The summed E-state index contributed by atoms with van der Waals surface area (Å²) in [6.07, 6.45) is -1.37. The molecule has 0 aromatic heterocycles. The summed E-state index contributed by atoms with van der Waals surface area (Å²) in [7, 11) is 0. The second-order valence-electron chi connectivity index (χ2n) is 9.78. The zero-order valence-corrected chi connectivity index (χ0v) is 16.3. The number of carbonyl (C=O) groups is 1. The molecule has 6 nitrogen and oxygen atoms in total. The lowest BCUT2D eigenvalue weighted by Crippen LogP contribution is -2.86. The highest BCUT2D eigenvalue weighted by Gasteiger charge is 2.80. The van der Waals surface area contributed by atoms with Gasteiger partial charge >= 0.3 is 0 Å². The van der Waals surface area contributed by atoms with Crippen LogP contribution in [0, 0.1) is 16.7 Å². The molecule has 1 aliphatic heterocycles. The van der Waals surface area contributed by atoms with Crippen molar-refractivity contribution in [2.24, 2.45) is 16.7 Å². The van der Waals surface area contributed by atoms with E-state index in [1.165, 1.54) is 13.0 Å². The lowest BCUT2D eigenvalue weighted by molar-refractivity contribution is -0.370. The van der Waals surface area contributed by atoms with Crippen LogP contribution in [0.15, 0.2) is 12.7 Å². The third-order valence-electron chi connectivity index (χ3n) is 7.76. The number of aliphatic hydroxyl groups is 4. The third kappa shape index (κ3) is 2.02. The molecule has 148 valence electrons. The topological polar surface area (TPSA) is 107 Å². The molecule has 3 rings (SSSR count). The Hall–Kier alpha value is -0.790. The molecular formula is C20H32O6. The highest BCUT2D eigenvalue weighted by molar-refractivity contribution is 5.92. The number of fused-ring (bicyclic) bond motifs is 3. The van der Waals surface area contributed by atoms with Crippen LogP contribution in [-0.4, -0.2) is 61.3 Å². The molecule has 0 amide bonds. The molecule has 0 spiro atoms. The number of Topliss-reactive ketones (excluding diaryl/α,β-unsaturated/α-hetero) is 1. The van der Waals surface area contributed by atoms with Crippen LogP contribution >= 0.6 is 0 Å². The molecule has 4 N–H and O–H groups in total. The number of ether oxygens (including phenoxy) is 1. The summed E-state index contributed by atoms with van der Waals surface area (Å²) in [4.78, 5) is 13.3. The van der Waals surface area contributed by atoms with Crippen LogP contribution in [0.3, 0.4) is 0 Å². The number of hydrogen-bond donors (Lipinski definition) is 4. The molecule has 3 aliphatic rings. The first-order valence-corrected chi connectivity index (χ1v) is 9.35. The van der Waals surface area contributed by atoms with E-state index < -0.39 is 57.6 Å². The van der Waals surface area contributed by atoms with Gasteiger partial charge in [-0.25, -0.2) is 0 Å². The standard InChI is InChI=1S/C20H32O6/c1-7-17(4)10-12(22)20(25)18(5)11(21)8-9-16(2,3)14(18)13(23)15(24)19(20,6)26-17/h7,11,13-15,21,23-25H,1,8-10H2,2-6H3/t11-,13-,14-,15-,17-,18-,19+,20-/m0/s1. The van der Waals surface area contributed by atoms with Crippen molar-refractivity contribution in [3.05, 3.63) is 12.7 Å². The lowest BCUT2D eigenvalue weighted by atomic mass is 9.40. The number of aliphatic hydroxyl groups excluding tert-OH is 3. The second kappa shape index (κ2) is 5.39. The maximum atomic E-state index is 13.3. The largest absolute Gasteiger partial charge is 0.392 e. The van der Waals surface area contributed by atoms with Crippen molar-refractivity contribution in [1.82, 2.24) is 0 Å². The van der Waals surface area contributed by atoms with Crippen molar-refractivity contribution in [1.29, 1.82) is 0 Å². The Morgan fingerprint density at radius 1 is 1.15 bits per heavy atom. The fourth-order valence-electron chi connectivity index (χ4n) is 6.32. The van der Waals surface area contributed by atoms with Gasteiger partial charge in [-0.1, -0.05) is 26.8 Å². The summed E-state index contributed by atoms with van der Waals surface area (Å²) < 4.78 is 6.09. The Bertz CT molecular complexity index is 646. The molecule has 3 fully saturated rings. The molecule has 0 aromatic carbocycles. The summed E-state index contributed by atoms with van der Waals surface area (Å²) in [6.45, 7) is 12.3. The number of hydrogen-bond acceptors (Lipinski definition) is 6. The Kier molecular flexibility index (Phi) is 4.13. The molecule has 2 saturated carbocycles. The van der Waals surface area contributed by atoms with E-state index in [4.69, 9.17) is 4.74 Å². The van der Waals surface area contributed by atoms with Gasteiger partial charge in [0.25, 0.3) is 0 Å². The third-order valence-corrected chi connectivity index (χ3v) is 7.76. The molecule has 0 aromatic rings. The molecule has 0 unspecified atom stereocenters. The fourth-order valence-corrected chi connectivity index (χ4v) is 6.32. The molecule has 0 bridgehead atoms. The average molecular weight is 368 g/mol. The van der Waals surface area contributed by atoms with Crippen LogP contribution in [-0.2, 0) is 9.53 Å². The molecular weight excluding hydrogens is 336 g/mol. The number of rotatable bonds is 1. The first kappa shape index (κ1) is 20.0. The smallest absolute Gasteiger partial charge is 0.171 e. The van der Waals surface area contributed by atoms with Crippen molar-refractivity contribution in [2.45, 2.75) is 89.0 Å². The predicted octanol–water partition coefficient (Wildman–Crippen LogP) is 0.949. The summed E-state index contributed by atoms with van der Waals surface area (Å²) in [5, 5.41) is 44.9. The average Bonchev–Trinajstić information content (AvgIpc) is 2.54. The van der Waals surface area contributed by atoms with E-state index in [-0.39, 0.29) is 6.42 Å². The van der Waals surface area contributed by atoms with E-state index in [1.54, 1.807) is 13.8 Å². The van der Waals surface area contributed by atoms with Crippen molar-refractivity contribution in [2.75, 3.05) is 0 Å². The monoisotopic (exact) mass is 368 g/mol. The minimum atomic E-state index is -2.14. The highest BCUT2D eigenvalue weighted by atomic mass is 16.6. The summed E-state index contributed by atoms with van der Waals surface area (Å²) in [5.74, 6) is -1.17. The summed E-state index contributed by atoms with van der Waals surface area (Å²) >= 11 is 0. The molecule has 26 heavy (non-hydrogen) atoms. The van der Waals surface area contributed by atoms with Gasteiger partial charge in [0.2, 0.25) is 0 Å². The maximum absolute atomic E-state index is 13.3. The van der Waals surface area contributed by atoms with Gasteiger partial charge < -0.3 is 25.2 Å². The fraction of sp³-hybridized carbons (Fsp3) is 0.850. The van der Waals surface area contributed by atoms with E-state index in [1.807, 2.05) is 13.8 Å². The highest BCUT2D eigenvalue weighted by Crippen LogP contribution is 2.66. The maximum Gasteiger partial charge on any atom is 0.171 e. The van der Waals surface area contributed by atoms with E-state index in [2.05, 4.69) is 6.58 Å². The Labute approximate surface area is 154 Å². The van der Waals surface area contributed by atoms with Crippen LogP contribution in [0.5, 0.6) is 0 Å². The first-order chi connectivity index (χ1) is 11.7. The van der Waals surface area contributed by atoms with Gasteiger partial charge in [-0.3, -0.25) is 4.79 Å². The van der Waals surface area contributed by atoms with Crippen LogP contribution < -0.4 is 0 Å². The SMILES string of the molecule is C=C[C@@]1(C)CC(=O)[C@]2(O)[C@@]3(C)[C@@H](O)CCC(C)(C)[C@@H]3[C@H](O)[C@H](O)[C@@]2(C)O1. The minimum absolute atomic E-state index is 0.110. The van der Waals surface area contributed by atoms with Crippen LogP contribution in [0.2, 0.25) is 0 Å². The molecule has 1 heterocycles. The molecule has 8 atom stereocenters. The zero-order valence-electron chi connectivity index (χ0n) is 16.3. The van der Waals surface area contributed by atoms with E-state index >= 15 is 0 Å². The number of carbonyl (C=O) groups excluding carboxylic acids is 1. The molecule has 0 radical (unpaired) electrons. The van der Waals surface area contributed by atoms with Gasteiger partial charge in [0.15, 0.2) is 11.4 Å². The zero-order chi connectivity index (χ0) is 19.9. The van der Waals surface area contributed by atoms with Crippen LogP contribution in [0.1, 0.15) is 53.9 Å². The Morgan fingerprint density at radius 3 is 2.27 bits per heavy atom. The van der Waals surface area contributed by atoms with Gasteiger partial charge in [-0.15, -0.1) is 6.58 Å². The van der Waals surface area contributed by atoms with E-state index in [0.717, 1.165) is 0 Å². The van der Waals surface area contributed by atoms with Crippen LogP contribution in [0.4, 0.5) is 0 Å². The van der Waals surface area contributed by atoms with Gasteiger partial charge in [-0.05, 0) is 32.1 Å².